The summed E-state index contributed by atoms with van der Waals surface area (Å²) >= 11 is 6.28. The third-order valence-corrected chi connectivity index (χ3v) is 7.23. The molecule has 0 spiro atoms. The molecule has 0 saturated carbocycles. The Morgan fingerprint density at radius 2 is 1.92 bits per heavy atom. The van der Waals surface area contributed by atoms with Crippen LogP contribution in [0.1, 0.15) is 41.8 Å². The fourth-order valence-electron chi connectivity index (χ4n) is 5.19. The predicted octanol–water partition coefficient (Wildman–Crippen LogP) is 5.26. The Bertz CT molecular complexity index is 1580. The molecule has 194 valence electrons. The monoisotopic (exact) mass is 536 g/mol. The Morgan fingerprint density at radius 1 is 1.08 bits per heavy atom. The smallest absolute Gasteiger partial charge is 0.247 e. The van der Waals surface area contributed by atoms with Crippen LogP contribution in [-0.4, -0.2) is 52.5 Å². The average molecular weight is 537 g/mol. The SMILES string of the molecule is O=C(C=Cc1cc(Cl)ccc1-n1cnnn1)N1CCCC(c2ccccc2)C1c1ncc(-c2ccncc2)[nH]1. The second-order valence-electron chi connectivity index (χ2n) is 9.34. The molecule has 1 aliphatic rings. The Hall–Kier alpha value is -4.63. The summed E-state index contributed by atoms with van der Waals surface area (Å²) in [6.07, 6.45) is 12.0. The van der Waals surface area contributed by atoms with Gasteiger partial charge in [0.25, 0.3) is 0 Å². The Labute approximate surface area is 230 Å². The van der Waals surface area contributed by atoms with Gasteiger partial charge in [0.15, 0.2) is 0 Å². The summed E-state index contributed by atoms with van der Waals surface area (Å²) in [7, 11) is 0. The van der Waals surface area contributed by atoms with E-state index in [0.29, 0.717) is 11.6 Å². The van der Waals surface area contributed by atoms with E-state index in [4.69, 9.17) is 16.6 Å². The average Bonchev–Trinajstić information content (AvgIpc) is 3.70. The first-order chi connectivity index (χ1) is 19.2. The van der Waals surface area contributed by atoms with E-state index in [0.717, 1.165) is 41.2 Å². The predicted molar refractivity (Wildman–Crippen MR) is 148 cm³/mol. The van der Waals surface area contributed by atoms with E-state index in [9.17, 15) is 4.79 Å². The van der Waals surface area contributed by atoms with Gasteiger partial charge in [0.05, 0.1) is 23.6 Å². The molecule has 10 heteroatoms. The Morgan fingerprint density at radius 3 is 2.72 bits per heavy atom. The minimum absolute atomic E-state index is 0.0942. The second kappa shape index (κ2) is 11.0. The molecule has 1 saturated heterocycles. The van der Waals surface area contributed by atoms with E-state index >= 15 is 0 Å². The highest BCUT2D eigenvalue weighted by molar-refractivity contribution is 6.30. The summed E-state index contributed by atoms with van der Waals surface area (Å²) in [5.41, 5.74) is 4.51. The van der Waals surface area contributed by atoms with Gasteiger partial charge in [-0.3, -0.25) is 9.78 Å². The van der Waals surface area contributed by atoms with Gasteiger partial charge < -0.3 is 9.88 Å². The van der Waals surface area contributed by atoms with Crippen LogP contribution in [0, 0.1) is 0 Å². The molecule has 5 aromatic rings. The van der Waals surface area contributed by atoms with Crippen molar-refractivity contribution in [3.63, 3.8) is 0 Å². The number of hydrogen-bond donors (Lipinski definition) is 1. The van der Waals surface area contributed by atoms with Gasteiger partial charge in [-0.25, -0.2) is 4.98 Å². The molecule has 6 rings (SSSR count). The van der Waals surface area contributed by atoms with Crippen LogP contribution in [0.4, 0.5) is 0 Å². The highest BCUT2D eigenvalue weighted by Crippen LogP contribution is 2.42. The van der Waals surface area contributed by atoms with Crippen molar-refractivity contribution in [2.24, 2.45) is 0 Å². The van der Waals surface area contributed by atoms with Crippen LogP contribution in [0.3, 0.4) is 0 Å². The number of carbonyl (C=O) groups is 1. The molecule has 1 aliphatic heterocycles. The number of tetrazole rings is 1. The van der Waals surface area contributed by atoms with Gasteiger partial charge in [-0.1, -0.05) is 41.9 Å². The van der Waals surface area contributed by atoms with Gasteiger partial charge in [-0.05, 0) is 65.2 Å². The Balaban J connectivity index is 1.35. The minimum atomic E-state index is -0.257. The summed E-state index contributed by atoms with van der Waals surface area (Å²) in [5.74, 6) is 0.746. The summed E-state index contributed by atoms with van der Waals surface area (Å²) < 4.78 is 1.54. The van der Waals surface area contributed by atoms with Gasteiger partial charge in [0.2, 0.25) is 5.91 Å². The molecule has 4 heterocycles. The maximum Gasteiger partial charge on any atom is 0.247 e. The molecule has 0 bridgehead atoms. The third kappa shape index (κ3) is 5.21. The molecule has 9 nitrogen and oxygen atoms in total. The van der Waals surface area contributed by atoms with Crippen LogP contribution in [0.2, 0.25) is 5.02 Å². The van der Waals surface area contributed by atoms with Crippen molar-refractivity contribution in [2.75, 3.05) is 6.54 Å². The number of H-pyrrole nitrogens is 1. The maximum absolute atomic E-state index is 13.8. The van der Waals surface area contributed by atoms with Crippen LogP contribution in [0.5, 0.6) is 0 Å². The molecule has 2 unspecified atom stereocenters. The van der Waals surface area contributed by atoms with Crippen LogP contribution in [-0.2, 0) is 4.79 Å². The number of piperidine rings is 1. The van der Waals surface area contributed by atoms with Gasteiger partial charge in [0, 0.05) is 47.1 Å². The van der Waals surface area contributed by atoms with Gasteiger partial charge in [0.1, 0.15) is 12.2 Å². The number of likely N-dealkylation sites (tertiary alicyclic amines) is 1. The fourth-order valence-corrected chi connectivity index (χ4v) is 5.37. The maximum atomic E-state index is 13.8. The summed E-state index contributed by atoms with van der Waals surface area (Å²) in [5, 5.41) is 12.0. The number of rotatable bonds is 6. The normalized spacial score (nSPS) is 17.5. The van der Waals surface area contributed by atoms with Gasteiger partial charge in [-0.2, -0.15) is 4.68 Å². The number of pyridine rings is 1. The molecular formula is C29H25ClN8O. The van der Waals surface area contributed by atoms with Crippen molar-refractivity contribution >= 4 is 23.6 Å². The zero-order chi connectivity index (χ0) is 26.6. The Kier molecular flexibility index (Phi) is 6.97. The van der Waals surface area contributed by atoms with E-state index in [1.807, 2.05) is 47.5 Å². The van der Waals surface area contributed by atoms with E-state index in [1.165, 1.54) is 11.9 Å². The zero-order valence-electron chi connectivity index (χ0n) is 20.9. The van der Waals surface area contributed by atoms with Crippen molar-refractivity contribution in [3.05, 3.63) is 114 Å². The first-order valence-corrected chi connectivity index (χ1v) is 13.1. The van der Waals surface area contributed by atoms with Gasteiger partial charge in [-0.15, -0.1) is 5.10 Å². The van der Waals surface area contributed by atoms with E-state index < -0.39 is 0 Å². The number of imidazole rings is 1. The standard InChI is InChI=1S/C29H25ClN8O/c30-23-9-10-26(38-19-33-35-36-38)22(17-23)8-11-27(39)37-16-4-7-24(20-5-2-1-3-6-20)28(37)29-32-18-25(34-29)21-12-14-31-15-13-21/h1-3,5-6,8-15,17-19,24,28H,4,7,16H2,(H,32,34). The van der Waals surface area contributed by atoms with Crippen LogP contribution < -0.4 is 0 Å². The quantitative estimate of drug-likeness (QED) is 0.297. The number of aromatic amines is 1. The van der Waals surface area contributed by atoms with Crippen molar-refractivity contribution in [2.45, 2.75) is 24.8 Å². The largest absolute Gasteiger partial charge is 0.340 e. The van der Waals surface area contributed by atoms with Crippen molar-refractivity contribution < 1.29 is 4.79 Å². The van der Waals surface area contributed by atoms with E-state index in [1.54, 1.807) is 41.4 Å². The first kappa shape index (κ1) is 24.7. The lowest BCUT2D eigenvalue weighted by Crippen LogP contribution is -2.41. The number of nitrogens with one attached hydrogen (secondary N) is 1. The highest BCUT2D eigenvalue weighted by Gasteiger charge is 2.37. The summed E-state index contributed by atoms with van der Waals surface area (Å²) in [6, 6.07) is 19.3. The summed E-state index contributed by atoms with van der Waals surface area (Å²) in [4.78, 5) is 28.1. The lowest BCUT2D eigenvalue weighted by molar-refractivity contribution is -0.130. The first-order valence-electron chi connectivity index (χ1n) is 12.7. The molecule has 2 aromatic carbocycles. The number of hydrogen-bond acceptors (Lipinski definition) is 6. The van der Waals surface area contributed by atoms with Crippen LogP contribution in [0.25, 0.3) is 23.0 Å². The van der Waals surface area contributed by atoms with Crippen LogP contribution >= 0.6 is 11.6 Å². The van der Waals surface area contributed by atoms with E-state index in [-0.39, 0.29) is 17.9 Å². The van der Waals surface area contributed by atoms with Crippen molar-refractivity contribution in [1.82, 2.24) is 40.1 Å². The molecular weight excluding hydrogens is 512 g/mol. The van der Waals surface area contributed by atoms with Crippen molar-refractivity contribution in [3.8, 4) is 16.9 Å². The van der Waals surface area contributed by atoms with Gasteiger partial charge >= 0.3 is 0 Å². The number of benzene rings is 2. The van der Waals surface area contributed by atoms with Crippen molar-refractivity contribution in [1.29, 1.82) is 0 Å². The van der Waals surface area contributed by atoms with E-state index in [2.05, 4.69) is 37.6 Å². The number of carbonyl (C=O) groups excluding carboxylic acids is 1. The molecule has 3 aromatic heterocycles. The van der Waals surface area contributed by atoms with Crippen LogP contribution in [0.15, 0.2) is 91.7 Å². The number of aromatic nitrogens is 7. The molecule has 1 amide bonds. The number of amides is 1. The molecule has 39 heavy (non-hydrogen) atoms. The second-order valence-corrected chi connectivity index (χ2v) is 9.78. The number of nitrogens with zero attached hydrogens (tertiary/aromatic N) is 7. The molecule has 0 radical (unpaired) electrons. The summed E-state index contributed by atoms with van der Waals surface area (Å²) in [6.45, 7) is 0.623. The molecule has 0 aliphatic carbocycles. The third-order valence-electron chi connectivity index (χ3n) is 7.00. The highest BCUT2D eigenvalue weighted by atomic mass is 35.5. The number of halogens is 1. The minimum Gasteiger partial charge on any atom is -0.340 e. The fraction of sp³-hybridized carbons (Fsp3) is 0.172. The molecule has 1 fully saturated rings. The zero-order valence-corrected chi connectivity index (χ0v) is 21.7. The lowest BCUT2D eigenvalue weighted by Gasteiger charge is -2.40. The lowest BCUT2D eigenvalue weighted by atomic mass is 9.83. The topological polar surface area (TPSA) is 105 Å². The molecule has 1 N–H and O–H groups in total. The molecule has 2 atom stereocenters.